The van der Waals surface area contributed by atoms with E-state index in [-0.39, 0.29) is 0 Å². The molecule has 0 fully saturated rings. The van der Waals surface area contributed by atoms with Gasteiger partial charge in [-0.05, 0) is 72.6 Å². The Kier molecular flexibility index (Phi) is 5.42. The molecule has 3 rings (SSSR count). The quantitative estimate of drug-likeness (QED) is 0.461. The molecule has 0 unspecified atom stereocenters. The highest BCUT2D eigenvalue weighted by Crippen LogP contribution is 2.39. The molecule has 142 valence electrons. The number of aryl methyl sites for hydroxylation is 2. The number of nitrogens with zero attached hydrogens (tertiary/aromatic N) is 1. The van der Waals surface area contributed by atoms with E-state index in [0.29, 0.717) is 17.8 Å². The first-order valence-corrected chi connectivity index (χ1v) is 10.2. The zero-order valence-electron chi connectivity index (χ0n) is 18.1. The van der Waals surface area contributed by atoms with Gasteiger partial charge in [-0.1, -0.05) is 64.8 Å². The smallest absolute Gasteiger partial charge is 0.0715 e. The highest BCUT2D eigenvalue weighted by atomic mass is 14.7. The van der Waals surface area contributed by atoms with E-state index in [0.717, 1.165) is 11.2 Å². The van der Waals surface area contributed by atoms with Crippen LogP contribution in [0.1, 0.15) is 87.1 Å². The van der Waals surface area contributed by atoms with Crippen molar-refractivity contribution < 1.29 is 0 Å². The summed E-state index contributed by atoms with van der Waals surface area (Å²) >= 11 is 0. The summed E-state index contributed by atoms with van der Waals surface area (Å²) in [6.45, 7) is 18.1. The standard InChI is InChI=1S/C26H33N/c1-15(2)22-14-24-21(25(16(3)4)26(22)17(5)6)9-10-23(27-24)20-12-18(7)11-19(8)13-20/h9-17H,1-8H3. The largest absolute Gasteiger partial charge is 0.248 e. The van der Waals surface area contributed by atoms with Crippen LogP contribution in [0.2, 0.25) is 0 Å². The molecule has 1 aromatic heterocycles. The minimum atomic E-state index is 0.484. The summed E-state index contributed by atoms with van der Waals surface area (Å²) in [5.41, 5.74) is 10.4. The van der Waals surface area contributed by atoms with Gasteiger partial charge < -0.3 is 0 Å². The third-order valence-corrected chi connectivity index (χ3v) is 5.40. The zero-order chi connectivity index (χ0) is 19.9. The van der Waals surface area contributed by atoms with Crippen LogP contribution >= 0.6 is 0 Å². The van der Waals surface area contributed by atoms with E-state index in [1.54, 1.807) is 0 Å². The Morgan fingerprint density at radius 1 is 0.667 bits per heavy atom. The molecule has 0 radical (unpaired) electrons. The third kappa shape index (κ3) is 3.78. The van der Waals surface area contributed by atoms with Gasteiger partial charge in [-0.25, -0.2) is 4.98 Å². The Bertz CT molecular complexity index is 957. The van der Waals surface area contributed by atoms with E-state index in [1.807, 2.05) is 0 Å². The molecule has 27 heavy (non-hydrogen) atoms. The van der Waals surface area contributed by atoms with Gasteiger partial charge in [0.15, 0.2) is 0 Å². The lowest BCUT2D eigenvalue weighted by Crippen LogP contribution is -2.07. The van der Waals surface area contributed by atoms with Gasteiger partial charge in [0.05, 0.1) is 11.2 Å². The minimum Gasteiger partial charge on any atom is -0.248 e. The Hall–Kier alpha value is -2.15. The molecule has 1 heterocycles. The summed E-state index contributed by atoms with van der Waals surface area (Å²) in [5, 5.41) is 1.31. The van der Waals surface area contributed by atoms with E-state index in [4.69, 9.17) is 4.98 Å². The number of benzene rings is 2. The highest BCUT2D eigenvalue weighted by molar-refractivity contribution is 5.87. The molecule has 2 aromatic carbocycles. The molecule has 0 spiro atoms. The predicted octanol–water partition coefficient (Wildman–Crippen LogP) is 7.89. The molecule has 0 atom stereocenters. The SMILES string of the molecule is Cc1cc(C)cc(-c2ccc3c(C(C)C)c(C(C)C)c(C(C)C)cc3n2)c1. The van der Waals surface area contributed by atoms with Gasteiger partial charge in [-0.3, -0.25) is 0 Å². The van der Waals surface area contributed by atoms with E-state index < -0.39 is 0 Å². The monoisotopic (exact) mass is 359 g/mol. The van der Waals surface area contributed by atoms with Crippen LogP contribution in [0.4, 0.5) is 0 Å². The average molecular weight is 360 g/mol. The molecule has 0 saturated carbocycles. The van der Waals surface area contributed by atoms with Gasteiger partial charge >= 0.3 is 0 Å². The molecule has 0 aliphatic carbocycles. The van der Waals surface area contributed by atoms with Crippen molar-refractivity contribution in [2.75, 3.05) is 0 Å². The highest BCUT2D eigenvalue weighted by Gasteiger charge is 2.20. The number of rotatable bonds is 4. The van der Waals surface area contributed by atoms with Crippen LogP contribution in [0.15, 0.2) is 36.4 Å². The Balaban J connectivity index is 2.32. The van der Waals surface area contributed by atoms with Crippen LogP contribution in [-0.2, 0) is 0 Å². The molecule has 1 nitrogen and oxygen atoms in total. The summed E-state index contributed by atoms with van der Waals surface area (Å²) in [7, 11) is 0. The van der Waals surface area contributed by atoms with Gasteiger partial charge in [0.2, 0.25) is 0 Å². The van der Waals surface area contributed by atoms with Crippen molar-refractivity contribution in [3.63, 3.8) is 0 Å². The minimum absolute atomic E-state index is 0.484. The van der Waals surface area contributed by atoms with Crippen molar-refractivity contribution >= 4 is 10.9 Å². The molecule has 0 aliphatic heterocycles. The number of aromatic nitrogens is 1. The predicted molar refractivity (Wildman–Crippen MR) is 119 cm³/mol. The van der Waals surface area contributed by atoms with Crippen molar-refractivity contribution in [2.45, 2.75) is 73.1 Å². The molecule has 0 bridgehead atoms. The first-order chi connectivity index (χ1) is 12.7. The molecule has 0 amide bonds. The number of hydrogen-bond donors (Lipinski definition) is 0. The Morgan fingerprint density at radius 2 is 1.26 bits per heavy atom. The van der Waals surface area contributed by atoms with E-state index in [2.05, 4.69) is 91.8 Å². The van der Waals surface area contributed by atoms with Crippen LogP contribution in [-0.4, -0.2) is 4.98 Å². The second-order valence-electron chi connectivity index (χ2n) is 8.90. The molecule has 3 aromatic rings. The normalized spacial score (nSPS) is 12.0. The van der Waals surface area contributed by atoms with E-state index >= 15 is 0 Å². The third-order valence-electron chi connectivity index (χ3n) is 5.40. The number of hydrogen-bond acceptors (Lipinski definition) is 1. The van der Waals surface area contributed by atoms with Crippen LogP contribution in [0, 0.1) is 13.8 Å². The van der Waals surface area contributed by atoms with Gasteiger partial charge in [0.25, 0.3) is 0 Å². The molecule has 0 saturated heterocycles. The molecule has 0 aliphatic rings. The van der Waals surface area contributed by atoms with Gasteiger partial charge in [-0.2, -0.15) is 0 Å². The summed E-state index contributed by atoms with van der Waals surface area (Å²) in [6, 6.07) is 13.5. The Labute approximate surface area is 164 Å². The van der Waals surface area contributed by atoms with Crippen LogP contribution < -0.4 is 0 Å². The van der Waals surface area contributed by atoms with Crippen molar-refractivity contribution in [3.8, 4) is 11.3 Å². The number of fused-ring (bicyclic) bond motifs is 1. The fraction of sp³-hybridized carbons (Fsp3) is 0.423. The molecule has 1 heteroatoms. The fourth-order valence-electron chi connectivity index (χ4n) is 4.37. The molecular weight excluding hydrogens is 326 g/mol. The second-order valence-corrected chi connectivity index (χ2v) is 8.90. The van der Waals surface area contributed by atoms with Crippen LogP contribution in [0.25, 0.3) is 22.2 Å². The second kappa shape index (κ2) is 7.46. The lowest BCUT2D eigenvalue weighted by atomic mass is 9.81. The Morgan fingerprint density at radius 3 is 1.78 bits per heavy atom. The van der Waals surface area contributed by atoms with Gasteiger partial charge in [0.1, 0.15) is 0 Å². The fourth-order valence-corrected chi connectivity index (χ4v) is 4.37. The average Bonchev–Trinajstić information content (AvgIpc) is 2.58. The lowest BCUT2D eigenvalue weighted by molar-refractivity contribution is 0.754. The van der Waals surface area contributed by atoms with Crippen LogP contribution in [0.5, 0.6) is 0 Å². The maximum atomic E-state index is 5.11. The van der Waals surface area contributed by atoms with Crippen molar-refractivity contribution in [1.82, 2.24) is 4.98 Å². The lowest BCUT2D eigenvalue weighted by Gasteiger charge is -2.24. The van der Waals surface area contributed by atoms with Crippen molar-refractivity contribution in [1.29, 1.82) is 0 Å². The van der Waals surface area contributed by atoms with Crippen molar-refractivity contribution in [2.24, 2.45) is 0 Å². The zero-order valence-corrected chi connectivity index (χ0v) is 18.1. The first kappa shape index (κ1) is 19.6. The summed E-state index contributed by atoms with van der Waals surface area (Å²) in [4.78, 5) is 5.11. The van der Waals surface area contributed by atoms with Crippen molar-refractivity contribution in [3.05, 3.63) is 64.2 Å². The van der Waals surface area contributed by atoms with Crippen LogP contribution in [0.3, 0.4) is 0 Å². The summed E-state index contributed by atoms with van der Waals surface area (Å²) in [6.07, 6.45) is 0. The molecular formula is C26H33N. The summed E-state index contributed by atoms with van der Waals surface area (Å²) < 4.78 is 0. The van der Waals surface area contributed by atoms with E-state index in [1.165, 1.54) is 38.8 Å². The first-order valence-electron chi connectivity index (χ1n) is 10.2. The van der Waals surface area contributed by atoms with E-state index in [9.17, 15) is 0 Å². The topological polar surface area (TPSA) is 12.9 Å². The van der Waals surface area contributed by atoms with Gasteiger partial charge in [-0.15, -0.1) is 0 Å². The number of pyridine rings is 1. The molecule has 0 N–H and O–H groups in total. The summed E-state index contributed by atoms with van der Waals surface area (Å²) in [5.74, 6) is 1.50. The maximum Gasteiger partial charge on any atom is 0.0715 e. The van der Waals surface area contributed by atoms with Gasteiger partial charge in [0, 0.05) is 10.9 Å². The maximum absolute atomic E-state index is 5.11.